The Labute approximate surface area is 78.1 Å². The third kappa shape index (κ3) is 1.67. The Morgan fingerprint density at radius 1 is 1.38 bits per heavy atom. The van der Waals surface area contributed by atoms with Gasteiger partial charge in [-0.2, -0.15) is 4.98 Å². The topological polar surface area (TPSA) is 38.9 Å². The van der Waals surface area contributed by atoms with Gasteiger partial charge in [-0.15, -0.1) is 0 Å². The molecule has 1 aromatic heterocycles. The predicted octanol–water partition coefficient (Wildman–Crippen LogP) is 2.53. The van der Waals surface area contributed by atoms with Crippen molar-refractivity contribution in [2.75, 3.05) is 0 Å². The maximum Gasteiger partial charge on any atom is 0.264 e. The van der Waals surface area contributed by atoms with Gasteiger partial charge < -0.3 is 4.52 Å². The van der Waals surface area contributed by atoms with Crippen LogP contribution in [0.1, 0.15) is 0 Å². The monoisotopic (exact) mass is 198 g/mol. The van der Waals surface area contributed by atoms with E-state index in [2.05, 4.69) is 10.1 Å². The molecule has 0 amide bonds. The summed E-state index contributed by atoms with van der Waals surface area (Å²) in [6.45, 7) is 0. The number of aromatic nitrogens is 2. The zero-order valence-corrected chi connectivity index (χ0v) is 7.12. The van der Waals surface area contributed by atoms with Crippen molar-refractivity contribution in [2.24, 2.45) is 0 Å². The molecule has 5 heteroatoms. The first kappa shape index (κ1) is 8.19. The summed E-state index contributed by atoms with van der Waals surface area (Å²) in [5.74, 6) is -0.142. The van der Waals surface area contributed by atoms with Crippen molar-refractivity contribution >= 4 is 11.6 Å². The lowest BCUT2D eigenvalue weighted by atomic mass is 10.2. The van der Waals surface area contributed by atoms with Crippen molar-refractivity contribution < 1.29 is 8.91 Å². The van der Waals surface area contributed by atoms with Crippen LogP contribution in [0.3, 0.4) is 0 Å². The van der Waals surface area contributed by atoms with Gasteiger partial charge in [-0.05, 0) is 35.0 Å². The molecule has 0 aliphatic rings. The summed E-state index contributed by atoms with van der Waals surface area (Å²) < 4.78 is 17.5. The molecule has 0 saturated heterocycles. The van der Waals surface area contributed by atoms with Crippen LogP contribution in [0.15, 0.2) is 28.8 Å². The number of halogens is 2. The lowest BCUT2D eigenvalue weighted by Gasteiger charge is -1.92. The van der Waals surface area contributed by atoms with Gasteiger partial charge in [0.2, 0.25) is 0 Å². The number of nitrogens with zero attached hydrogens (tertiary/aromatic N) is 2. The average Bonchev–Trinajstić information content (AvgIpc) is 2.52. The zero-order chi connectivity index (χ0) is 9.26. The van der Waals surface area contributed by atoms with Crippen molar-refractivity contribution in [1.82, 2.24) is 10.1 Å². The molecule has 2 aromatic rings. The van der Waals surface area contributed by atoms with Crippen LogP contribution in [0.2, 0.25) is 5.28 Å². The van der Waals surface area contributed by atoms with Gasteiger partial charge in [0.05, 0.1) is 0 Å². The van der Waals surface area contributed by atoms with Crippen molar-refractivity contribution in [3.63, 3.8) is 0 Å². The minimum Gasteiger partial charge on any atom is -0.333 e. The van der Waals surface area contributed by atoms with Crippen LogP contribution in [0, 0.1) is 5.82 Å². The Balaban J connectivity index is 2.46. The Kier molecular flexibility index (Phi) is 1.98. The molecule has 1 aromatic carbocycles. The molecule has 0 aliphatic carbocycles. The molecular formula is C8H4ClFN2O. The molecule has 1 heterocycles. The molecule has 13 heavy (non-hydrogen) atoms. The maximum atomic E-state index is 12.7. The van der Waals surface area contributed by atoms with Crippen LogP contribution >= 0.6 is 11.6 Å². The highest BCUT2D eigenvalue weighted by Gasteiger charge is 2.06. The molecule has 0 spiro atoms. The smallest absolute Gasteiger partial charge is 0.264 e. The third-order valence-corrected chi connectivity index (χ3v) is 1.63. The first-order valence-electron chi connectivity index (χ1n) is 3.51. The molecule has 66 valence electrons. The fourth-order valence-electron chi connectivity index (χ4n) is 0.944. The molecule has 0 N–H and O–H groups in total. The lowest BCUT2D eigenvalue weighted by Crippen LogP contribution is -1.78. The number of hydrogen-bond donors (Lipinski definition) is 0. The highest BCUT2D eigenvalue weighted by Crippen LogP contribution is 2.18. The van der Waals surface area contributed by atoms with Gasteiger partial charge in [-0.3, -0.25) is 0 Å². The molecule has 0 unspecified atom stereocenters. The van der Waals surface area contributed by atoms with Gasteiger partial charge >= 0.3 is 0 Å². The van der Waals surface area contributed by atoms with E-state index in [9.17, 15) is 4.39 Å². The standard InChI is InChI=1S/C8H4ClFN2O/c9-8-11-7(13-12-8)5-2-1-3-6(10)4-5/h1-4H. The first-order chi connectivity index (χ1) is 6.25. The molecule has 0 aliphatic heterocycles. The van der Waals surface area contributed by atoms with Crippen molar-refractivity contribution in [1.29, 1.82) is 0 Å². The predicted molar refractivity (Wildman–Crippen MR) is 44.7 cm³/mol. The van der Waals surface area contributed by atoms with E-state index in [1.807, 2.05) is 0 Å². The van der Waals surface area contributed by atoms with Crippen molar-refractivity contribution in [3.05, 3.63) is 35.4 Å². The molecule has 0 fully saturated rings. The molecule has 0 radical (unpaired) electrons. The molecule has 0 saturated carbocycles. The Morgan fingerprint density at radius 3 is 2.85 bits per heavy atom. The quantitative estimate of drug-likeness (QED) is 0.707. The van der Waals surface area contributed by atoms with E-state index in [0.717, 1.165) is 0 Å². The van der Waals surface area contributed by atoms with E-state index in [1.54, 1.807) is 12.1 Å². The Bertz CT molecular complexity index is 430. The van der Waals surface area contributed by atoms with E-state index in [-0.39, 0.29) is 17.0 Å². The van der Waals surface area contributed by atoms with E-state index in [1.165, 1.54) is 12.1 Å². The van der Waals surface area contributed by atoms with Crippen molar-refractivity contribution in [2.45, 2.75) is 0 Å². The first-order valence-corrected chi connectivity index (χ1v) is 3.88. The molecule has 0 bridgehead atoms. The fourth-order valence-corrected chi connectivity index (χ4v) is 1.06. The largest absolute Gasteiger partial charge is 0.333 e. The second-order valence-electron chi connectivity index (χ2n) is 2.38. The summed E-state index contributed by atoms with van der Waals surface area (Å²) in [6, 6.07) is 5.85. The summed E-state index contributed by atoms with van der Waals surface area (Å²) in [5.41, 5.74) is 0.513. The number of hydrogen-bond acceptors (Lipinski definition) is 3. The summed E-state index contributed by atoms with van der Waals surface area (Å²) in [5, 5.41) is 3.39. The second kappa shape index (κ2) is 3.14. The van der Waals surface area contributed by atoms with Gasteiger partial charge in [0.25, 0.3) is 11.2 Å². The van der Waals surface area contributed by atoms with E-state index in [4.69, 9.17) is 16.1 Å². The van der Waals surface area contributed by atoms with E-state index >= 15 is 0 Å². The van der Waals surface area contributed by atoms with E-state index < -0.39 is 0 Å². The second-order valence-corrected chi connectivity index (χ2v) is 2.72. The highest BCUT2D eigenvalue weighted by atomic mass is 35.5. The summed E-state index contributed by atoms with van der Waals surface area (Å²) in [6.07, 6.45) is 0. The highest BCUT2D eigenvalue weighted by molar-refractivity contribution is 6.28. The van der Waals surface area contributed by atoms with Crippen molar-refractivity contribution in [3.8, 4) is 11.5 Å². The summed E-state index contributed by atoms with van der Waals surface area (Å²) in [4.78, 5) is 3.74. The van der Waals surface area contributed by atoms with E-state index in [0.29, 0.717) is 5.56 Å². The lowest BCUT2D eigenvalue weighted by molar-refractivity contribution is 0.430. The third-order valence-electron chi connectivity index (χ3n) is 1.47. The van der Waals surface area contributed by atoms with Gasteiger partial charge in [-0.1, -0.05) is 6.07 Å². The molecule has 3 nitrogen and oxygen atoms in total. The summed E-state index contributed by atoms with van der Waals surface area (Å²) >= 11 is 5.44. The molecular weight excluding hydrogens is 195 g/mol. The van der Waals surface area contributed by atoms with Crippen LogP contribution < -0.4 is 0 Å². The minimum absolute atomic E-state index is 0.0132. The number of benzene rings is 1. The fraction of sp³-hybridized carbons (Fsp3) is 0. The average molecular weight is 199 g/mol. The normalized spacial score (nSPS) is 10.3. The van der Waals surface area contributed by atoms with Crippen LogP contribution in [0.4, 0.5) is 4.39 Å². The molecule has 0 atom stereocenters. The van der Waals surface area contributed by atoms with Gasteiger partial charge in [0, 0.05) is 5.56 Å². The zero-order valence-electron chi connectivity index (χ0n) is 6.37. The van der Waals surface area contributed by atoms with Gasteiger partial charge in [0.1, 0.15) is 5.82 Å². The maximum absolute atomic E-state index is 12.7. The Hall–Kier alpha value is -1.42. The van der Waals surface area contributed by atoms with Gasteiger partial charge in [0.15, 0.2) is 0 Å². The van der Waals surface area contributed by atoms with Crippen LogP contribution in [0.5, 0.6) is 0 Å². The SMILES string of the molecule is Fc1cccc(-c2nc(Cl)no2)c1. The van der Waals surface area contributed by atoms with Crippen LogP contribution in [-0.2, 0) is 0 Å². The summed E-state index contributed by atoms with van der Waals surface area (Å²) in [7, 11) is 0. The minimum atomic E-state index is -0.355. The van der Waals surface area contributed by atoms with Crippen LogP contribution in [-0.4, -0.2) is 10.1 Å². The number of rotatable bonds is 1. The molecule has 2 rings (SSSR count). The van der Waals surface area contributed by atoms with Gasteiger partial charge in [-0.25, -0.2) is 4.39 Å². The Morgan fingerprint density at radius 2 is 2.23 bits per heavy atom. The van der Waals surface area contributed by atoms with Crippen LogP contribution in [0.25, 0.3) is 11.5 Å².